The molecule has 4 rings (SSSR count). The highest BCUT2D eigenvalue weighted by atomic mass is 19.1. The topological polar surface area (TPSA) is 164 Å². The summed E-state index contributed by atoms with van der Waals surface area (Å²) in [6.07, 6.45) is 20.2. The summed E-state index contributed by atoms with van der Waals surface area (Å²) in [4.78, 5) is 0. The molecule has 0 aromatic carbocycles. The van der Waals surface area contributed by atoms with Crippen LogP contribution >= 0.6 is 0 Å². The molecule has 0 amide bonds. The highest BCUT2D eigenvalue weighted by Gasteiger charge is 2.62. The van der Waals surface area contributed by atoms with E-state index in [1.165, 1.54) is 117 Å². The average molecular weight is 802 g/mol. The maximum atomic E-state index is 15.7. The summed E-state index contributed by atoms with van der Waals surface area (Å²) < 4.78 is 32.9. The lowest BCUT2D eigenvalue weighted by Gasteiger charge is -2.41. The highest BCUT2D eigenvalue weighted by molar-refractivity contribution is 5.10. The molecule has 2 heterocycles. The Labute approximate surface area is 339 Å². The number of hydrogen-bond donors (Lipinski definition) is 7. The smallest absolute Gasteiger partial charge is 0.186 e. The predicted molar refractivity (Wildman–Crippen MR) is 218 cm³/mol. The second-order valence-electron chi connectivity index (χ2n) is 18.8. The maximum Gasteiger partial charge on any atom is 0.186 e. The number of hydrogen-bond acceptors (Lipinski definition) is 10. The number of aliphatic hydroxyl groups excluding tert-OH is 6. The number of halogens is 1. The summed E-state index contributed by atoms with van der Waals surface area (Å²) in [6, 6.07) is -1.55. The molecule has 2 aliphatic carbocycles. The molecule has 0 spiro atoms. The summed E-state index contributed by atoms with van der Waals surface area (Å²) in [5.74, 6) is 2.60. The summed E-state index contributed by atoms with van der Waals surface area (Å²) in [7, 11) is 0. The molecule has 56 heavy (non-hydrogen) atoms. The number of epoxide rings is 1. The average Bonchev–Trinajstić information content (AvgIpc) is 3.78. The van der Waals surface area contributed by atoms with E-state index < -0.39 is 67.3 Å². The third-order valence-electron chi connectivity index (χ3n) is 13.7. The normalized spacial score (nSPS) is 32.0. The van der Waals surface area contributed by atoms with Gasteiger partial charge in [0.2, 0.25) is 0 Å². The van der Waals surface area contributed by atoms with Crippen LogP contribution in [0.2, 0.25) is 0 Å². The van der Waals surface area contributed by atoms with Crippen LogP contribution in [0.3, 0.4) is 0 Å². The number of alkyl halides is 1. The van der Waals surface area contributed by atoms with Crippen LogP contribution in [0.25, 0.3) is 0 Å². The fraction of sp³-hybridized carbons (Fsp3) is 1.00. The summed E-state index contributed by atoms with van der Waals surface area (Å²) >= 11 is 0. The molecule has 0 aromatic heterocycles. The Bertz CT molecular complexity index is 1030. The van der Waals surface area contributed by atoms with E-state index in [9.17, 15) is 30.6 Å². The first-order chi connectivity index (χ1) is 27.0. The number of aliphatic hydroxyl groups is 6. The number of fused-ring (bicyclic) bond motifs is 5. The van der Waals surface area contributed by atoms with Crippen molar-refractivity contribution in [1.82, 2.24) is 5.32 Å². The Hall–Kier alpha value is -0.470. The van der Waals surface area contributed by atoms with Crippen LogP contribution in [0.4, 0.5) is 4.39 Å². The SMILES string of the molecule is CCCCCCCCCCCCCC[C@@H](O)[C@@H](O)[C@H](COC1OC(CO)C(O)C(O)C1O)N[C@@H](CCCCCCCCCC[C@H]1C[C@@H]2C[C@H]1[C@@H]1O[C@H]21)C(C)(C)F. The lowest BCUT2D eigenvalue weighted by molar-refractivity contribution is -0.303. The molecule has 7 N–H and O–H groups in total. The van der Waals surface area contributed by atoms with Crippen molar-refractivity contribution in [3.05, 3.63) is 0 Å². The lowest BCUT2D eigenvalue weighted by Crippen LogP contribution is -2.61. The van der Waals surface area contributed by atoms with Gasteiger partial charge in [-0.15, -0.1) is 0 Å². The van der Waals surface area contributed by atoms with Crippen LogP contribution < -0.4 is 5.32 Å². The fourth-order valence-electron chi connectivity index (χ4n) is 10.0. The van der Waals surface area contributed by atoms with E-state index in [2.05, 4.69) is 12.2 Å². The van der Waals surface area contributed by atoms with Gasteiger partial charge < -0.3 is 50.2 Å². The molecule has 5 unspecified atom stereocenters. The molecular weight excluding hydrogens is 717 g/mol. The lowest BCUT2D eigenvalue weighted by atomic mass is 9.85. The van der Waals surface area contributed by atoms with Gasteiger partial charge in [-0.05, 0) is 57.3 Å². The molecular formula is C45H84FNO9. The van der Waals surface area contributed by atoms with Gasteiger partial charge in [-0.25, -0.2) is 4.39 Å². The molecule has 4 fully saturated rings. The Kier molecular flexibility index (Phi) is 21.8. The van der Waals surface area contributed by atoms with Gasteiger partial charge in [0.1, 0.15) is 30.1 Å². The van der Waals surface area contributed by atoms with Crippen LogP contribution in [0.1, 0.15) is 181 Å². The van der Waals surface area contributed by atoms with Crippen molar-refractivity contribution in [2.24, 2.45) is 17.8 Å². The van der Waals surface area contributed by atoms with Gasteiger partial charge in [-0.2, -0.15) is 0 Å². The first-order valence-electron chi connectivity index (χ1n) is 23.3. The molecule has 2 aliphatic heterocycles. The summed E-state index contributed by atoms with van der Waals surface area (Å²) in [5, 5.41) is 66.5. The Morgan fingerprint density at radius 2 is 1.25 bits per heavy atom. The first-order valence-corrected chi connectivity index (χ1v) is 23.3. The monoisotopic (exact) mass is 802 g/mol. The van der Waals surface area contributed by atoms with Crippen LogP contribution in [-0.2, 0) is 14.2 Å². The fourth-order valence-corrected chi connectivity index (χ4v) is 10.0. The zero-order chi connectivity index (χ0) is 40.5. The van der Waals surface area contributed by atoms with Crippen molar-refractivity contribution in [3.8, 4) is 0 Å². The van der Waals surface area contributed by atoms with Crippen LogP contribution in [0.15, 0.2) is 0 Å². The van der Waals surface area contributed by atoms with Crippen LogP contribution in [-0.4, -0.2) is 117 Å². The van der Waals surface area contributed by atoms with E-state index in [0.717, 1.165) is 62.7 Å². The Morgan fingerprint density at radius 1 is 0.696 bits per heavy atom. The molecule has 10 nitrogen and oxygen atoms in total. The van der Waals surface area contributed by atoms with Crippen molar-refractivity contribution < 1.29 is 49.2 Å². The van der Waals surface area contributed by atoms with Crippen molar-refractivity contribution in [2.45, 2.75) is 254 Å². The molecule has 330 valence electrons. The van der Waals surface area contributed by atoms with E-state index in [1.807, 2.05) is 0 Å². The zero-order valence-corrected chi connectivity index (χ0v) is 35.5. The van der Waals surface area contributed by atoms with E-state index in [0.29, 0.717) is 25.0 Å². The number of nitrogens with one attached hydrogen (secondary N) is 1. The van der Waals surface area contributed by atoms with Gasteiger partial charge in [0.05, 0.1) is 43.7 Å². The largest absolute Gasteiger partial charge is 0.394 e. The number of unbranched alkanes of at least 4 members (excludes halogenated alkanes) is 18. The van der Waals surface area contributed by atoms with E-state index in [1.54, 1.807) is 0 Å². The molecule has 11 heteroatoms. The van der Waals surface area contributed by atoms with Gasteiger partial charge in [-0.1, -0.05) is 142 Å². The van der Waals surface area contributed by atoms with Crippen molar-refractivity contribution in [2.75, 3.05) is 13.2 Å². The molecule has 2 saturated carbocycles. The quantitative estimate of drug-likeness (QED) is 0.0271. The standard InChI is InChI=1S/C45H84FNO9/c1-4-5-6-7-8-9-10-11-12-16-19-22-25-35(49)38(50)34(30-54-44-41(53)40(52)39(51)36(29-48)55-44)47-37(45(2,3)46)26-23-20-17-14-13-15-18-21-24-31-27-32-28-33(31)43-42(32)56-43/h31-44,47-53H,4-30H2,1-3H3/t31-,32+,33+,34-,35+,36?,37-,38-,39?,40?,41?,42+,43-,44?/m0/s1. The van der Waals surface area contributed by atoms with Gasteiger partial charge in [-0.3, -0.25) is 0 Å². The van der Waals surface area contributed by atoms with E-state index in [4.69, 9.17) is 14.2 Å². The maximum absolute atomic E-state index is 15.7. The van der Waals surface area contributed by atoms with Crippen molar-refractivity contribution in [1.29, 1.82) is 0 Å². The second-order valence-corrected chi connectivity index (χ2v) is 18.8. The molecule has 0 aromatic rings. The van der Waals surface area contributed by atoms with Crippen molar-refractivity contribution in [3.63, 3.8) is 0 Å². The summed E-state index contributed by atoms with van der Waals surface area (Å²) in [5.41, 5.74) is -1.63. The Balaban J connectivity index is 1.17. The number of ether oxygens (including phenoxy) is 3. The Morgan fingerprint density at radius 3 is 1.79 bits per heavy atom. The minimum absolute atomic E-state index is 0.261. The highest BCUT2D eigenvalue weighted by Crippen LogP contribution is 2.59. The van der Waals surface area contributed by atoms with Crippen LogP contribution in [0, 0.1) is 17.8 Å². The minimum atomic E-state index is -1.63. The van der Waals surface area contributed by atoms with E-state index in [-0.39, 0.29) is 6.61 Å². The third kappa shape index (κ3) is 15.5. The molecule has 0 radical (unpaired) electrons. The molecule has 2 bridgehead atoms. The van der Waals surface area contributed by atoms with Gasteiger partial charge in [0.15, 0.2) is 6.29 Å². The number of rotatable bonds is 33. The minimum Gasteiger partial charge on any atom is -0.394 e. The van der Waals surface area contributed by atoms with Gasteiger partial charge >= 0.3 is 0 Å². The van der Waals surface area contributed by atoms with E-state index >= 15 is 4.39 Å². The molecule has 14 atom stereocenters. The summed E-state index contributed by atoms with van der Waals surface area (Å²) in [6.45, 7) is 4.42. The second kappa shape index (κ2) is 25.3. The van der Waals surface area contributed by atoms with Gasteiger partial charge in [0.25, 0.3) is 0 Å². The van der Waals surface area contributed by atoms with Crippen LogP contribution in [0.5, 0.6) is 0 Å². The van der Waals surface area contributed by atoms with Crippen molar-refractivity contribution >= 4 is 0 Å². The van der Waals surface area contributed by atoms with Gasteiger partial charge in [0, 0.05) is 6.04 Å². The molecule has 4 aliphatic rings. The third-order valence-corrected chi connectivity index (χ3v) is 13.7. The zero-order valence-electron chi connectivity index (χ0n) is 35.5. The first kappa shape index (κ1) is 48.2. The molecule has 2 saturated heterocycles. The predicted octanol–water partition coefficient (Wildman–Crippen LogP) is 7.02.